The summed E-state index contributed by atoms with van der Waals surface area (Å²) in [7, 11) is 0. The van der Waals surface area contributed by atoms with Crippen LogP contribution in [0, 0.1) is 0 Å². The van der Waals surface area contributed by atoms with Crippen molar-refractivity contribution in [2.24, 2.45) is 5.84 Å². The molecule has 2 nitrogen and oxygen atoms in total. The molecule has 15 heavy (non-hydrogen) atoms. The Labute approximate surface area is 100 Å². The number of hydrogen-bond acceptors (Lipinski definition) is 2. The molecule has 82 valence electrons. The molecule has 0 heterocycles. The van der Waals surface area contributed by atoms with Crippen LogP contribution in [-0.4, -0.2) is 6.04 Å². The molecule has 0 aliphatic carbocycles. The molecule has 0 spiro atoms. The lowest BCUT2D eigenvalue weighted by Gasteiger charge is -2.13. The Hall–Kier alpha value is -0.540. The van der Waals surface area contributed by atoms with Crippen LogP contribution in [0.4, 0.5) is 0 Å². The zero-order valence-corrected chi connectivity index (χ0v) is 9.85. The van der Waals surface area contributed by atoms with Gasteiger partial charge < -0.3 is 0 Å². The molecule has 0 aliphatic heterocycles. The monoisotopic (exact) mass is 244 g/mol. The van der Waals surface area contributed by atoms with Crippen LogP contribution in [0.1, 0.15) is 12.0 Å². The SMILES string of the molecule is C=CCC(Cc1ccc(Cl)c(Cl)c1)NN. The Bertz CT molecular complexity index is 339. The zero-order chi connectivity index (χ0) is 11.3. The molecule has 0 aromatic heterocycles. The van der Waals surface area contributed by atoms with Gasteiger partial charge in [-0.2, -0.15) is 0 Å². The van der Waals surface area contributed by atoms with Crippen molar-refractivity contribution in [2.45, 2.75) is 18.9 Å². The number of benzene rings is 1. The Morgan fingerprint density at radius 2 is 2.13 bits per heavy atom. The standard InChI is InChI=1S/C11H14Cl2N2/c1-2-3-9(15-14)6-8-4-5-10(12)11(13)7-8/h2,4-5,7,9,15H,1,3,6,14H2. The molecule has 1 rings (SSSR count). The van der Waals surface area contributed by atoms with Crippen molar-refractivity contribution >= 4 is 23.2 Å². The first kappa shape index (κ1) is 12.5. The van der Waals surface area contributed by atoms with Gasteiger partial charge in [0.25, 0.3) is 0 Å². The summed E-state index contributed by atoms with van der Waals surface area (Å²) in [5.41, 5.74) is 3.84. The highest BCUT2D eigenvalue weighted by molar-refractivity contribution is 6.42. The first-order chi connectivity index (χ1) is 7.17. The highest BCUT2D eigenvalue weighted by Crippen LogP contribution is 2.23. The van der Waals surface area contributed by atoms with Crippen molar-refractivity contribution in [3.63, 3.8) is 0 Å². The van der Waals surface area contributed by atoms with Gasteiger partial charge in [0.1, 0.15) is 0 Å². The van der Waals surface area contributed by atoms with E-state index in [0.717, 1.165) is 18.4 Å². The number of halogens is 2. The van der Waals surface area contributed by atoms with Gasteiger partial charge in [-0.3, -0.25) is 11.3 Å². The van der Waals surface area contributed by atoms with Crippen LogP contribution >= 0.6 is 23.2 Å². The van der Waals surface area contributed by atoms with Crippen LogP contribution in [-0.2, 0) is 6.42 Å². The third-order valence-electron chi connectivity index (χ3n) is 2.15. The lowest BCUT2D eigenvalue weighted by atomic mass is 10.0. The summed E-state index contributed by atoms with van der Waals surface area (Å²) >= 11 is 11.7. The Kier molecular flexibility index (Phi) is 5.12. The van der Waals surface area contributed by atoms with Crippen molar-refractivity contribution in [3.8, 4) is 0 Å². The number of hydrogen-bond donors (Lipinski definition) is 2. The van der Waals surface area contributed by atoms with E-state index in [2.05, 4.69) is 12.0 Å². The predicted molar refractivity (Wildman–Crippen MR) is 66.1 cm³/mol. The minimum absolute atomic E-state index is 0.180. The fraction of sp³-hybridized carbons (Fsp3) is 0.273. The number of nitrogens with one attached hydrogen (secondary N) is 1. The maximum Gasteiger partial charge on any atom is 0.0595 e. The molecule has 1 aromatic rings. The summed E-state index contributed by atoms with van der Waals surface area (Å²) in [6.07, 6.45) is 3.46. The van der Waals surface area contributed by atoms with Crippen LogP contribution in [0.25, 0.3) is 0 Å². The van der Waals surface area contributed by atoms with Gasteiger partial charge in [-0.1, -0.05) is 35.3 Å². The van der Waals surface area contributed by atoms with Gasteiger partial charge in [0.05, 0.1) is 10.0 Å². The number of hydrazine groups is 1. The second-order valence-corrected chi connectivity index (χ2v) is 4.15. The van der Waals surface area contributed by atoms with Crippen molar-refractivity contribution in [3.05, 3.63) is 46.5 Å². The molecule has 0 saturated carbocycles. The molecule has 0 amide bonds. The van der Waals surface area contributed by atoms with E-state index in [-0.39, 0.29) is 6.04 Å². The zero-order valence-electron chi connectivity index (χ0n) is 8.34. The van der Waals surface area contributed by atoms with E-state index in [1.807, 2.05) is 18.2 Å². The molecule has 4 heteroatoms. The fourth-order valence-corrected chi connectivity index (χ4v) is 1.68. The van der Waals surface area contributed by atoms with Crippen LogP contribution in [0.5, 0.6) is 0 Å². The van der Waals surface area contributed by atoms with Gasteiger partial charge in [0.2, 0.25) is 0 Å². The second kappa shape index (κ2) is 6.13. The van der Waals surface area contributed by atoms with E-state index in [0.29, 0.717) is 10.0 Å². The van der Waals surface area contributed by atoms with Crippen LogP contribution < -0.4 is 11.3 Å². The van der Waals surface area contributed by atoms with Gasteiger partial charge in [-0.15, -0.1) is 6.58 Å². The molecular weight excluding hydrogens is 231 g/mol. The average Bonchev–Trinajstić information content (AvgIpc) is 2.23. The van der Waals surface area contributed by atoms with E-state index in [9.17, 15) is 0 Å². The summed E-state index contributed by atoms with van der Waals surface area (Å²) in [5, 5.41) is 1.14. The Morgan fingerprint density at radius 1 is 1.40 bits per heavy atom. The minimum atomic E-state index is 0.180. The molecule has 0 saturated heterocycles. The van der Waals surface area contributed by atoms with Gasteiger partial charge in [0, 0.05) is 6.04 Å². The summed E-state index contributed by atoms with van der Waals surface area (Å²) in [5.74, 6) is 5.42. The smallest absolute Gasteiger partial charge is 0.0595 e. The van der Waals surface area contributed by atoms with Gasteiger partial charge >= 0.3 is 0 Å². The van der Waals surface area contributed by atoms with E-state index in [1.165, 1.54) is 0 Å². The minimum Gasteiger partial charge on any atom is -0.271 e. The highest BCUT2D eigenvalue weighted by atomic mass is 35.5. The number of nitrogens with two attached hydrogens (primary N) is 1. The van der Waals surface area contributed by atoms with Gasteiger partial charge in [-0.05, 0) is 30.5 Å². The number of rotatable bonds is 5. The first-order valence-corrected chi connectivity index (χ1v) is 5.44. The predicted octanol–water partition coefficient (Wildman–Crippen LogP) is 2.94. The van der Waals surface area contributed by atoms with Crippen molar-refractivity contribution < 1.29 is 0 Å². The lowest BCUT2D eigenvalue weighted by Crippen LogP contribution is -2.36. The van der Waals surface area contributed by atoms with Crippen LogP contribution in [0.3, 0.4) is 0 Å². The molecule has 1 aromatic carbocycles. The van der Waals surface area contributed by atoms with Crippen molar-refractivity contribution in [2.75, 3.05) is 0 Å². The quantitative estimate of drug-likeness (QED) is 0.475. The fourth-order valence-electron chi connectivity index (χ4n) is 1.36. The van der Waals surface area contributed by atoms with Gasteiger partial charge in [-0.25, -0.2) is 0 Å². The third kappa shape index (κ3) is 3.84. The van der Waals surface area contributed by atoms with Crippen molar-refractivity contribution in [1.82, 2.24) is 5.43 Å². The summed E-state index contributed by atoms with van der Waals surface area (Å²) in [4.78, 5) is 0. The largest absolute Gasteiger partial charge is 0.271 e. The lowest BCUT2D eigenvalue weighted by molar-refractivity contribution is 0.531. The van der Waals surface area contributed by atoms with Crippen molar-refractivity contribution in [1.29, 1.82) is 0 Å². The summed E-state index contributed by atoms with van der Waals surface area (Å²) in [6.45, 7) is 3.68. The molecule has 0 fully saturated rings. The first-order valence-electron chi connectivity index (χ1n) is 4.68. The molecular formula is C11H14Cl2N2. The topological polar surface area (TPSA) is 38.0 Å². The summed E-state index contributed by atoms with van der Waals surface area (Å²) in [6, 6.07) is 5.78. The Balaban J connectivity index is 2.70. The van der Waals surface area contributed by atoms with Crippen LogP contribution in [0.15, 0.2) is 30.9 Å². The summed E-state index contributed by atoms with van der Waals surface area (Å²) < 4.78 is 0. The maximum atomic E-state index is 5.91. The van der Waals surface area contributed by atoms with E-state index in [1.54, 1.807) is 6.07 Å². The Morgan fingerprint density at radius 3 is 2.67 bits per heavy atom. The molecule has 1 unspecified atom stereocenters. The van der Waals surface area contributed by atoms with Crippen LogP contribution in [0.2, 0.25) is 10.0 Å². The molecule has 3 N–H and O–H groups in total. The van der Waals surface area contributed by atoms with E-state index >= 15 is 0 Å². The second-order valence-electron chi connectivity index (χ2n) is 3.34. The molecule has 1 atom stereocenters. The van der Waals surface area contributed by atoms with E-state index < -0.39 is 0 Å². The maximum absolute atomic E-state index is 5.91. The normalized spacial score (nSPS) is 12.5. The van der Waals surface area contributed by atoms with Gasteiger partial charge in [0.15, 0.2) is 0 Å². The van der Waals surface area contributed by atoms with E-state index in [4.69, 9.17) is 29.0 Å². The highest BCUT2D eigenvalue weighted by Gasteiger charge is 2.07. The molecule has 0 aliphatic rings. The molecule has 0 radical (unpaired) electrons. The third-order valence-corrected chi connectivity index (χ3v) is 2.89. The average molecular weight is 245 g/mol. The molecule has 0 bridgehead atoms.